The number of aliphatic imine (C=N–C) groups is 1. The van der Waals surface area contributed by atoms with E-state index >= 15 is 0 Å². The number of amides is 1. The molecule has 1 atom stereocenters. The average molecular weight is 576 g/mol. The number of nitrogens with one attached hydrogen (secondary N) is 3. The van der Waals surface area contributed by atoms with Crippen molar-refractivity contribution < 1.29 is 13.9 Å². The zero-order valence-corrected chi connectivity index (χ0v) is 22.0. The van der Waals surface area contributed by atoms with Gasteiger partial charge in [0.05, 0.1) is 25.8 Å². The second-order valence-corrected chi connectivity index (χ2v) is 8.51. The highest BCUT2D eigenvalue weighted by Gasteiger charge is 2.23. The number of benzene rings is 1. The lowest BCUT2D eigenvalue weighted by atomic mass is 9.95. The Bertz CT molecular complexity index is 722. The minimum Gasteiger partial charge on any atom is -0.379 e. The predicted molar refractivity (Wildman–Crippen MR) is 141 cm³/mol. The third kappa shape index (κ3) is 9.74. The van der Waals surface area contributed by atoms with Crippen molar-refractivity contribution >= 4 is 35.8 Å². The lowest BCUT2D eigenvalue weighted by Gasteiger charge is -2.34. The van der Waals surface area contributed by atoms with Crippen LogP contribution in [0.2, 0.25) is 0 Å². The minimum atomic E-state index is -0.237. The zero-order valence-electron chi connectivity index (χ0n) is 19.7. The summed E-state index contributed by atoms with van der Waals surface area (Å²) in [6.07, 6.45) is 6.30. The third-order valence-corrected chi connectivity index (χ3v) is 6.12. The van der Waals surface area contributed by atoms with Crippen molar-refractivity contribution in [1.29, 1.82) is 0 Å². The van der Waals surface area contributed by atoms with Crippen molar-refractivity contribution in [2.75, 3.05) is 45.9 Å². The van der Waals surface area contributed by atoms with Crippen LogP contribution in [-0.2, 0) is 9.53 Å². The predicted octanol–water partition coefficient (Wildman–Crippen LogP) is 3.21. The van der Waals surface area contributed by atoms with Crippen LogP contribution >= 0.6 is 24.0 Å². The summed E-state index contributed by atoms with van der Waals surface area (Å²) in [6, 6.07) is 7.05. The molecule has 2 aliphatic rings. The molecule has 1 aromatic rings. The maximum atomic E-state index is 13.4. The molecule has 1 amide bonds. The summed E-state index contributed by atoms with van der Waals surface area (Å²) in [5.74, 6) is 0.551. The molecule has 1 heterocycles. The first kappa shape index (κ1) is 27.8. The van der Waals surface area contributed by atoms with Crippen LogP contribution in [0.5, 0.6) is 0 Å². The molecule has 1 saturated carbocycles. The van der Waals surface area contributed by atoms with Crippen molar-refractivity contribution in [2.45, 2.75) is 57.5 Å². The summed E-state index contributed by atoms with van der Waals surface area (Å²) in [5.41, 5.74) is 1.04. The SMILES string of the molecule is CCNC(=NCC(c1ccc(F)cc1)N1CCOCC1)NCCC(=O)NC1CCCCC1.I. The number of nitrogens with zero attached hydrogens (tertiary/aromatic N) is 2. The van der Waals surface area contributed by atoms with Gasteiger partial charge in [-0.1, -0.05) is 31.4 Å². The fraction of sp³-hybridized carbons (Fsp3) is 0.667. The molecule has 1 aliphatic carbocycles. The first-order valence-corrected chi connectivity index (χ1v) is 12.0. The first-order valence-electron chi connectivity index (χ1n) is 12.0. The van der Waals surface area contributed by atoms with E-state index in [0.717, 1.165) is 38.0 Å². The summed E-state index contributed by atoms with van der Waals surface area (Å²) in [6.45, 7) is 6.85. The Kier molecular flexibility index (Phi) is 13.0. The molecule has 1 aromatic carbocycles. The number of carbonyl (C=O) groups is 1. The van der Waals surface area contributed by atoms with Gasteiger partial charge >= 0.3 is 0 Å². The number of hydrogen-bond acceptors (Lipinski definition) is 4. The van der Waals surface area contributed by atoms with Gasteiger partial charge in [-0.3, -0.25) is 14.7 Å². The molecule has 2 fully saturated rings. The second-order valence-electron chi connectivity index (χ2n) is 8.51. The number of rotatable bonds is 9. The van der Waals surface area contributed by atoms with E-state index in [1.54, 1.807) is 0 Å². The van der Waals surface area contributed by atoms with Crippen molar-refractivity contribution in [2.24, 2.45) is 4.99 Å². The molecule has 3 rings (SSSR count). The largest absolute Gasteiger partial charge is 0.379 e. The quantitative estimate of drug-likeness (QED) is 0.240. The smallest absolute Gasteiger partial charge is 0.221 e. The average Bonchev–Trinajstić information content (AvgIpc) is 2.81. The highest BCUT2D eigenvalue weighted by Crippen LogP contribution is 2.23. The van der Waals surface area contributed by atoms with Crippen LogP contribution < -0.4 is 16.0 Å². The van der Waals surface area contributed by atoms with Gasteiger partial charge in [-0.2, -0.15) is 0 Å². The number of carbonyl (C=O) groups excluding carboxylic acids is 1. The molecule has 1 unspecified atom stereocenters. The van der Waals surface area contributed by atoms with Gasteiger partial charge in [-0.15, -0.1) is 24.0 Å². The molecule has 33 heavy (non-hydrogen) atoms. The van der Waals surface area contributed by atoms with Crippen molar-refractivity contribution in [1.82, 2.24) is 20.9 Å². The van der Waals surface area contributed by atoms with Crippen LogP contribution in [0.3, 0.4) is 0 Å². The molecule has 0 spiro atoms. The van der Waals surface area contributed by atoms with E-state index in [4.69, 9.17) is 9.73 Å². The van der Waals surface area contributed by atoms with Gasteiger partial charge < -0.3 is 20.7 Å². The number of guanidine groups is 1. The molecule has 0 bridgehead atoms. The van der Waals surface area contributed by atoms with E-state index in [9.17, 15) is 9.18 Å². The monoisotopic (exact) mass is 575 g/mol. The molecule has 9 heteroatoms. The van der Waals surface area contributed by atoms with Crippen molar-refractivity contribution in [3.63, 3.8) is 0 Å². The Morgan fingerprint density at radius 3 is 2.52 bits per heavy atom. The summed E-state index contributed by atoms with van der Waals surface area (Å²) in [4.78, 5) is 19.4. The molecule has 186 valence electrons. The van der Waals surface area contributed by atoms with Gasteiger partial charge in [0.2, 0.25) is 5.91 Å². The Balaban J connectivity index is 0.00000385. The molecular weight excluding hydrogens is 536 g/mol. The molecule has 0 radical (unpaired) electrons. The van der Waals surface area contributed by atoms with Gasteiger partial charge in [0.25, 0.3) is 0 Å². The van der Waals surface area contributed by atoms with Crippen LogP contribution in [0.4, 0.5) is 4.39 Å². The van der Waals surface area contributed by atoms with Crippen LogP contribution in [0.1, 0.15) is 57.1 Å². The number of hydrogen-bond donors (Lipinski definition) is 3. The van der Waals surface area contributed by atoms with Crippen molar-refractivity contribution in [3.05, 3.63) is 35.6 Å². The Hall–Kier alpha value is -1.46. The van der Waals surface area contributed by atoms with Crippen LogP contribution in [0.25, 0.3) is 0 Å². The van der Waals surface area contributed by atoms with Gasteiger partial charge in [0.15, 0.2) is 5.96 Å². The normalized spacial score (nSPS) is 18.8. The van der Waals surface area contributed by atoms with E-state index in [1.165, 1.54) is 31.4 Å². The molecule has 7 nitrogen and oxygen atoms in total. The van der Waals surface area contributed by atoms with E-state index < -0.39 is 0 Å². The third-order valence-electron chi connectivity index (χ3n) is 6.12. The Labute approximate surface area is 214 Å². The van der Waals surface area contributed by atoms with Crippen LogP contribution in [0, 0.1) is 5.82 Å². The van der Waals surface area contributed by atoms with Gasteiger partial charge in [-0.25, -0.2) is 4.39 Å². The summed E-state index contributed by atoms with van der Waals surface area (Å²) >= 11 is 0. The Morgan fingerprint density at radius 1 is 1.15 bits per heavy atom. The van der Waals surface area contributed by atoms with Gasteiger partial charge in [0, 0.05) is 38.6 Å². The lowest BCUT2D eigenvalue weighted by molar-refractivity contribution is -0.121. The van der Waals surface area contributed by atoms with E-state index in [0.29, 0.717) is 44.7 Å². The number of ether oxygens (including phenoxy) is 1. The zero-order chi connectivity index (χ0) is 22.6. The van der Waals surface area contributed by atoms with Crippen LogP contribution in [-0.4, -0.2) is 68.7 Å². The maximum Gasteiger partial charge on any atom is 0.221 e. The fourth-order valence-corrected chi connectivity index (χ4v) is 4.37. The second kappa shape index (κ2) is 15.4. The highest BCUT2D eigenvalue weighted by atomic mass is 127. The summed E-state index contributed by atoms with van der Waals surface area (Å²) in [5, 5.41) is 9.70. The Morgan fingerprint density at radius 2 is 1.85 bits per heavy atom. The van der Waals surface area contributed by atoms with E-state index in [-0.39, 0.29) is 41.7 Å². The molecule has 1 saturated heterocycles. The number of morpholine rings is 1. The molecular formula is C24H39FIN5O2. The van der Waals surface area contributed by atoms with Crippen molar-refractivity contribution in [3.8, 4) is 0 Å². The number of halogens is 2. The maximum absolute atomic E-state index is 13.4. The first-order chi connectivity index (χ1) is 15.7. The van der Waals surface area contributed by atoms with Gasteiger partial charge in [-0.05, 0) is 37.5 Å². The lowest BCUT2D eigenvalue weighted by Crippen LogP contribution is -2.43. The highest BCUT2D eigenvalue weighted by molar-refractivity contribution is 14.0. The minimum absolute atomic E-state index is 0. The molecule has 3 N–H and O–H groups in total. The molecule has 1 aliphatic heterocycles. The van der Waals surface area contributed by atoms with E-state index in [1.807, 2.05) is 19.1 Å². The summed E-state index contributed by atoms with van der Waals surface area (Å²) in [7, 11) is 0. The van der Waals surface area contributed by atoms with Crippen LogP contribution in [0.15, 0.2) is 29.3 Å². The fourth-order valence-electron chi connectivity index (χ4n) is 4.37. The standard InChI is InChI=1S/C24H38FN5O2.HI/c1-2-26-24(27-13-12-23(31)29-21-6-4-3-5-7-21)28-18-22(30-14-16-32-17-15-30)19-8-10-20(25)11-9-19;/h8-11,21-22H,2-7,12-18H2,1H3,(H,29,31)(H2,26,27,28);1H. The topological polar surface area (TPSA) is 78.0 Å². The molecule has 0 aromatic heterocycles. The van der Waals surface area contributed by atoms with Gasteiger partial charge in [0.1, 0.15) is 5.82 Å². The van der Waals surface area contributed by atoms with E-state index in [2.05, 4.69) is 20.9 Å². The summed E-state index contributed by atoms with van der Waals surface area (Å²) < 4.78 is 18.9.